The summed E-state index contributed by atoms with van der Waals surface area (Å²) in [7, 11) is 0. The van der Waals surface area contributed by atoms with Gasteiger partial charge in [0.1, 0.15) is 0 Å². The van der Waals surface area contributed by atoms with E-state index in [0.717, 1.165) is 11.3 Å². The van der Waals surface area contributed by atoms with Crippen LogP contribution in [0.3, 0.4) is 0 Å². The van der Waals surface area contributed by atoms with Gasteiger partial charge < -0.3 is 10.6 Å². The third-order valence-corrected chi connectivity index (χ3v) is 4.03. The van der Waals surface area contributed by atoms with E-state index in [1.54, 1.807) is 12.1 Å². The molecule has 2 amide bonds. The molecule has 1 saturated carbocycles. The SMILES string of the molecule is CC(C)(NC(=O)c1ccc2c(c1)NC(=O)C2)C1CC1. The van der Waals surface area contributed by atoms with E-state index in [1.807, 2.05) is 6.07 Å². The molecule has 0 radical (unpaired) electrons. The van der Waals surface area contributed by atoms with Gasteiger partial charge in [0.25, 0.3) is 5.91 Å². The summed E-state index contributed by atoms with van der Waals surface area (Å²) in [6, 6.07) is 5.41. The molecule has 0 saturated heterocycles. The first-order valence-electron chi connectivity index (χ1n) is 6.71. The third kappa shape index (κ3) is 2.35. The van der Waals surface area contributed by atoms with Crippen LogP contribution < -0.4 is 10.6 Å². The molecule has 0 aromatic heterocycles. The highest BCUT2D eigenvalue weighted by molar-refractivity contribution is 6.02. The molecule has 0 spiro atoms. The van der Waals surface area contributed by atoms with Gasteiger partial charge in [0.15, 0.2) is 0 Å². The Hall–Kier alpha value is -1.84. The molecule has 2 N–H and O–H groups in total. The van der Waals surface area contributed by atoms with Crippen molar-refractivity contribution in [2.75, 3.05) is 5.32 Å². The zero-order valence-electron chi connectivity index (χ0n) is 11.2. The van der Waals surface area contributed by atoms with Crippen LogP contribution in [0.25, 0.3) is 0 Å². The van der Waals surface area contributed by atoms with Gasteiger partial charge in [0, 0.05) is 16.8 Å². The van der Waals surface area contributed by atoms with Gasteiger partial charge in [-0.15, -0.1) is 0 Å². The van der Waals surface area contributed by atoms with E-state index in [2.05, 4.69) is 24.5 Å². The van der Waals surface area contributed by atoms with E-state index in [9.17, 15) is 9.59 Å². The van der Waals surface area contributed by atoms with Crippen molar-refractivity contribution >= 4 is 17.5 Å². The Balaban J connectivity index is 1.77. The van der Waals surface area contributed by atoms with Crippen molar-refractivity contribution in [3.05, 3.63) is 29.3 Å². The van der Waals surface area contributed by atoms with E-state index in [0.29, 0.717) is 17.9 Å². The minimum Gasteiger partial charge on any atom is -0.347 e. The normalized spacial score (nSPS) is 17.9. The number of benzene rings is 1. The smallest absolute Gasteiger partial charge is 0.251 e. The molecule has 19 heavy (non-hydrogen) atoms. The maximum atomic E-state index is 12.3. The van der Waals surface area contributed by atoms with Gasteiger partial charge in [-0.3, -0.25) is 9.59 Å². The Morgan fingerprint density at radius 3 is 2.79 bits per heavy atom. The van der Waals surface area contributed by atoms with Crippen molar-refractivity contribution in [2.45, 2.75) is 38.6 Å². The molecule has 100 valence electrons. The molecule has 0 atom stereocenters. The summed E-state index contributed by atoms with van der Waals surface area (Å²) in [6.07, 6.45) is 2.78. The van der Waals surface area contributed by atoms with Gasteiger partial charge >= 0.3 is 0 Å². The van der Waals surface area contributed by atoms with Crippen LogP contribution in [0.15, 0.2) is 18.2 Å². The van der Waals surface area contributed by atoms with Crippen molar-refractivity contribution in [3.63, 3.8) is 0 Å². The highest BCUT2D eigenvalue weighted by Crippen LogP contribution is 2.39. The standard InChI is InChI=1S/C15H18N2O2/c1-15(2,11-5-6-11)17-14(19)10-4-3-9-8-13(18)16-12(9)7-10/h3-4,7,11H,5-6,8H2,1-2H3,(H,16,18)(H,17,19). The van der Waals surface area contributed by atoms with Crippen LogP contribution in [0.2, 0.25) is 0 Å². The van der Waals surface area contributed by atoms with Gasteiger partial charge in [-0.05, 0) is 50.3 Å². The van der Waals surface area contributed by atoms with Crippen molar-refractivity contribution in [1.29, 1.82) is 0 Å². The lowest BCUT2D eigenvalue weighted by atomic mass is 9.98. The summed E-state index contributed by atoms with van der Waals surface area (Å²) in [6.45, 7) is 4.13. The van der Waals surface area contributed by atoms with Crippen LogP contribution in [0.1, 0.15) is 42.6 Å². The second-order valence-electron chi connectivity index (χ2n) is 6.05. The number of hydrogen-bond donors (Lipinski definition) is 2. The lowest BCUT2D eigenvalue weighted by molar-refractivity contribution is -0.115. The van der Waals surface area contributed by atoms with Crippen LogP contribution in [0, 0.1) is 5.92 Å². The van der Waals surface area contributed by atoms with Crippen LogP contribution >= 0.6 is 0 Å². The molecular formula is C15H18N2O2. The predicted molar refractivity (Wildman–Crippen MR) is 73.0 cm³/mol. The summed E-state index contributed by atoms with van der Waals surface area (Å²) in [4.78, 5) is 23.5. The van der Waals surface area contributed by atoms with Crippen LogP contribution in [0.5, 0.6) is 0 Å². The summed E-state index contributed by atoms with van der Waals surface area (Å²) in [5.41, 5.74) is 2.18. The average molecular weight is 258 g/mol. The van der Waals surface area contributed by atoms with Gasteiger partial charge in [-0.2, -0.15) is 0 Å². The fourth-order valence-electron chi connectivity index (χ4n) is 2.63. The van der Waals surface area contributed by atoms with Gasteiger partial charge in [-0.25, -0.2) is 0 Å². The highest BCUT2D eigenvalue weighted by atomic mass is 16.2. The number of carbonyl (C=O) groups excluding carboxylic acids is 2. The average Bonchev–Trinajstić information content (AvgIpc) is 3.10. The van der Waals surface area contributed by atoms with Gasteiger partial charge in [0.2, 0.25) is 5.91 Å². The maximum Gasteiger partial charge on any atom is 0.251 e. The highest BCUT2D eigenvalue weighted by Gasteiger charge is 2.38. The Bertz CT molecular complexity index is 559. The monoisotopic (exact) mass is 258 g/mol. The second-order valence-corrected chi connectivity index (χ2v) is 6.05. The first-order valence-corrected chi connectivity index (χ1v) is 6.71. The van der Waals surface area contributed by atoms with Gasteiger partial charge in [-0.1, -0.05) is 6.07 Å². The van der Waals surface area contributed by atoms with Crippen molar-refractivity contribution < 1.29 is 9.59 Å². The predicted octanol–water partition coefficient (Wildman–Crippen LogP) is 2.10. The maximum absolute atomic E-state index is 12.3. The Labute approximate surface area is 112 Å². The summed E-state index contributed by atoms with van der Waals surface area (Å²) in [5.74, 6) is 0.511. The van der Waals surface area contributed by atoms with Crippen LogP contribution in [-0.2, 0) is 11.2 Å². The largest absolute Gasteiger partial charge is 0.347 e. The first-order chi connectivity index (χ1) is 8.95. The summed E-state index contributed by atoms with van der Waals surface area (Å²) in [5, 5.41) is 5.86. The van der Waals surface area contributed by atoms with E-state index < -0.39 is 0 Å². The molecule has 0 unspecified atom stereocenters. The molecule has 3 rings (SSSR count). The number of fused-ring (bicyclic) bond motifs is 1. The van der Waals surface area contributed by atoms with E-state index in [1.165, 1.54) is 12.8 Å². The molecule has 1 fully saturated rings. The topological polar surface area (TPSA) is 58.2 Å². The molecule has 1 aromatic rings. The third-order valence-electron chi connectivity index (χ3n) is 4.03. The fourth-order valence-corrected chi connectivity index (χ4v) is 2.63. The molecule has 1 aliphatic carbocycles. The lowest BCUT2D eigenvalue weighted by Crippen LogP contribution is -2.45. The minimum atomic E-state index is -0.153. The molecule has 0 bridgehead atoms. The van der Waals surface area contributed by atoms with Crippen LogP contribution in [0.4, 0.5) is 5.69 Å². The fraction of sp³-hybridized carbons (Fsp3) is 0.467. The number of hydrogen-bond acceptors (Lipinski definition) is 2. The summed E-state index contributed by atoms with van der Waals surface area (Å²) >= 11 is 0. The van der Waals surface area contributed by atoms with Crippen LogP contribution in [-0.4, -0.2) is 17.4 Å². The van der Waals surface area contributed by atoms with Crippen molar-refractivity contribution in [1.82, 2.24) is 5.32 Å². The van der Waals surface area contributed by atoms with E-state index in [-0.39, 0.29) is 17.4 Å². The molecule has 2 aliphatic rings. The first kappa shape index (κ1) is 12.2. The number of nitrogens with one attached hydrogen (secondary N) is 2. The molecule has 1 heterocycles. The van der Waals surface area contributed by atoms with Gasteiger partial charge in [0.05, 0.1) is 6.42 Å². The lowest BCUT2D eigenvalue weighted by Gasteiger charge is -2.26. The van der Waals surface area contributed by atoms with Crippen molar-refractivity contribution in [2.24, 2.45) is 5.92 Å². The number of amides is 2. The van der Waals surface area contributed by atoms with Crippen molar-refractivity contribution in [3.8, 4) is 0 Å². The quantitative estimate of drug-likeness (QED) is 0.872. The number of anilines is 1. The molecule has 1 aromatic carbocycles. The zero-order chi connectivity index (χ0) is 13.6. The Morgan fingerprint density at radius 2 is 2.11 bits per heavy atom. The summed E-state index contributed by atoms with van der Waals surface area (Å²) < 4.78 is 0. The molecule has 1 aliphatic heterocycles. The second kappa shape index (κ2) is 4.08. The van der Waals surface area contributed by atoms with E-state index in [4.69, 9.17) is 0 Å². The van der Waals surface area contributed by atoms with E-state index >= 15 is 0 Å². The minimum absolute atomic E-state index is 0.00846. The molecule has 4 nitrogen and oxygen atoms in total. The number of rotatable bonds is 3. The Morgan fingerprint density at radius 1 is 1.37 bits per heavy atom. The molecule has 4 heteroatoms. The molecular weight excluding hydrogens is 240 g/mol. The number of carbonyl (C=O) groups is 2. The zero-order valence-corrected chi connectivity index (χ0v) is 11.2. The Kier molecular flexibility index (Phi) is 2.62.